The number of benzene rings is 2. The topological polar surface area (TPSA) is 172 Å². The van der Waals surface area contributed by atoms with Gasteiger partial charge in [-0.2, -0.15) is 0 Å². The Hall–Kier alpha value is -4.12. The van der Waals surface area contributed by atoms with E-state index in [1.807, 2.05) is 30.3 Å². The van der Waals surface area contributed by atoms with Gasteiger partial charge in [0.05, 0.1) is 6.61 Å². The fraction of sp³-hybridized carbons (Fsp3) is 0.360. The molecular weight excluding hydrogens is 466 g/mol. The zero-order chi connectivity index (χ0) is 26.3. The van der Waals surface area contributed by atoms with Gasteiger partial charge in [0, 0.05) is 12.2 Å². The van der Waals surface area contributed by atoms with Crippen LogP contribution in [0.15, 0.2) is 54.6 Å². The van der Waals surface area contributed by atoms with Crippen LogP contribution in [0.4, 0.5) is 15.3 Å². The molecule has 194 valence electrons. The summed E-state index contributed by atoms with van der Waals surface area (Å²) in [4.78, 5) is 49.0. The summed E-state index contributed by atoms with van der Waals surface area (Å²) in [6.45, 7) is 1.87. The molecule has 0 spiro atoms. The predicted molar refractivity (Wildman–Crippen MR) is 134 cm³/mol. The number of aliphatic hydroxyl groups is 1. The van der Waals surface area contributed by atoms with Crippen LogP contribution in [-0.2, 0) is 27.5 Å². The molecule has 0 aliphatic carbocycles. The maximum Gasteiger partial charge on any atom is 0.408 e. The van der Waals surface area contributed by atoms with Crippen molar-refractivity contribution in [2.75, 3.05) is 11.9 Å². The SMILES string of the molecule is CC[C@@H](NC(=O)OCc1ccccc1)C(=O)N[C@@H](CCCNC(N)=O)C(=O)Nc1ccc(CO)cc1. The van der Waals surface area contributed by atoms with E-state index in [2.05, 4.69) is 21.3 Å². The number of amides is 5. The lowest BCUT2D eigenvalue weighted by Gasteiger charge is -2.22. The van der Waals surface area contributed by atoms with Crippen LogP contribution in [0, 0.1) is 0 Å². The molecule has 0 aliphatic rings. The molecule has 2 aromatic rings. The van der Waals surface area contributed by atoms with E-state index in [1.54, 1.807) is 31.2 Å². The predicted octanol–water partition coefficient (Wildman–Crippen LogP) is 1.76. The number of anilines is 1. The van der Waals surface area contributed by atoms with Crippen LogP contribution < -0.4 is 27.0 Å². The normalized spacial score (nSPS) is 12.1. The Balaban J connectivity index is 1.98. The number of carbonyl (C=O) groups excluding carboxylic acids is 4. The summed E-state index contributed by atoms with van der Waals surface area (Å²) in [6, 6.07) is 13.2. The minimum Gasteiger partial charge on any atom is -0.445 e. The molecule has 0 aliphatic heterocycles. The average molecular weight is 500 g/mol. The van der Waals surface area contributed by atoms with E-state index in [0.29, 0.717) is 17.7 Å². The van der Waals surface area contributed by atoms with E-state index < -0.39 is 36.0 Å². The van der Waals surface area contributed by atoms with E-state index in [-0.39, 0.29) is 32.6 Å². The van der Waals surface area contributed by atoms with Crippen molar-refractivity contribution in [1.82, 2.24) is 16.0 Å². The van der Waals surface area contributed by atoms with Gasteiger partial charge < -0.3 is 36.8 Å². The van der Waals surface area contributed by atoms with Crippen LogP contribution in [0.1, 0.15) is 37.3 Å². The summed E-state index contributed by atoms with van der Waals surface area (Å²) < 4.78 is 5.18. The molecule has 5 amide bonds. The van der Waals surface area contributed by atoms with Gasteiger partial charge in [-0.15, -0.1) is 0 Å². The number of ether oxygens (including phenoxy) is 1. The molecule has 0 heterocycles. The molecule has 0 unspecified atom stereocenters. The first-order valence-corrected chi connectivity index (χ1v) is 11.6. The fourth-order valence-corrected chi connectivity index (χ4v) is 3.24. The highest BCUT2D eigenvalue weighted by molar-refractivity contribution is 5.98. The van der Waals surface area contributed by atoms with E-state index in [9.17, 15) is 24.3 Å². The number of rotatable bonds is 13. The van der Waals surface area contributed by atoms with Gasteiger partial charge in [-0.25, -0.2) is 9.59 Å². The lowest BCUT2D eigenvalue weighted by atomic mass is 10.1. The lowest BCUT2D eigenvalue weighted by molar-refractivity contribution is -0.128. The molecule has 2 aromatic carbocycles. The summed E-state index contributed by atoms with van der Waals surface area (Å²) in [5.41, 5.74) is 7.05. The Bertz CT molecular complexity index is 1000. The number of nitrogens with one attached hydrogen (secondary N) is 4. The number of primary amides is 1. The van der Waals surface area contributed by atoms with Crippen molar-refractivity contribution in [1.29, 1.82) is 0 Å². The van der Waals surface area contributed by atoms with Crippen molar-refractivity contribution < 1.29 is 29.0 Å². The van der Waals surface area contributed by atoms with Crippen LogP contribution in [0.25, 0.3) is 0 Å². The second-order valence-electron chi connectivity index (χ2n) is 8.01. The first-order chi connectivity index (χ1) is 17.3. The molecule has 7 N–H and O–H groups in total. The minimum atomic E-state index is -0.944. The van der Waals surface area contributed by atoms with Crippen molar-refractivity contribution in [2.45, 2.75) is 51.5 Å². The summed E-state index contributed by atoms with van der Waals surface area (Å²) in [5.74, 6) is -1.02. The highest BCUT2D eigenvalue weighted by atomic mass is 16.5. The van der Waals surface area contributed by atoms with Gasteiger partial charge >= 0.3 is 12.1 Å². The number of hydrogen-bond acceptors (Lipinski definition) is 6. The summed E-state index contributed by atoms with van der Waals surface area (Å²) in [7, 11) is 0. The van der Waals surface area contributed by atoms with E-state index in [1.165, 1.54) is 0 Å². The van der Waals surface area contributed by atoms with Gasteiger partial charge in [-0.3, -0.25) is 9.59 Å². The Morgan fingerprint density at radius 2 is 1.61 bits per heavy atom. The molecule has 0 saturated carbocycles. The Morgan fingerprint density at radius 1 is 0.917 bits per heavy atom. The fourth-order valence-electron chi connectivity index (χ4n) is 3.24. The number of nitrogens with two attached hydrogens (primary N) is 1. The Labute approximate surface area is 209 Å². The number of carbonyl (C=O) groups is 4. The van der Waals surface area contributed by atoms with Crippen molar-refractivity contribution in [3.8, 4) is 0 Å². The number of aliphatic hydroxyl groups excluding tert-OH is 1. The third-order valence-electron chi connectivity index (χ3n) is 5.24. The van der Waals surface area contributed by atoms with Gasteiger partial charge in [-0.1, -0.05) is 49.4 Å². The standard InChI is InChI=1S/C25H33N5O6/c1-2-20(30-25(35)36-16-18-7-4-3-5-8-18)22(32)29-21(9-6-14-27-24(26)34)23(33)28-19-12-10-17(15-31)11-13-19/h3-5,7-8,10-13,20-21,31H,2,6,9,14-16H2,1H3,(H,28,33)(H,29,32)(H,30,35)(H3,26,27,34)/t20-,21+/m1/s1. The zero-order valence-corrected chi connectivity index (χ0v) is 20.2. The second-order valence-corrected chi connectivity index (χ2v) is 8.01. The highest BCUT2D eigenvalue weighted by Gasteiger charge is 2.26. The average Bonchev–Trinajstić information content (AvgIpc) is 2.88. The first-order valence-electron chi connectivity index (χ1n) is 11.6. The molecule has 0 aromatic heterocycles. The molecule has 0 fully saturated rings. The molecule has 0 bridgehead atoms. The van der Waals surface area contributed by atoms with Gasteiger partial charge in [0.25, 0.3) is 0 Å². The van der Waals surface area contributed by atoms with Gasteiger partial charge in [-0.05, 0) is 42.5 Å². The minimum absolute atomic E-state index is 0.0533. The van der Waals surface area contributed by atoms with E-state index >= 15 is 0 Å². The molecule has 0 radical (unpaired) electrons. The molecule has 36 heavy (non-hydrogen) atoms. The first kappa shape index (κ1) is 28.1. The van der Waals surface area contributed by atoms with Crippen LogP contribution in [0.3, 0.4) is 0 Å². The zero-order valence-electron chi connectivity index (χ0n) is 20.2. The highest BCUT2D eigenvalue weighted by Crippen LogP contribution is 2.11. The maximum absolute atomic E-state index is 12.9. The number of hydrogen-bond donors (Lipinski definition) is 6. The maximum atomic E-state index is 12.9. The monoisotopic (exact) mass is 499 g/mol. The molecule has 2 atom stereocenters. The number of urea groups is 1. The van der Waals surface area contributed by atoms with E-state index in [4.69, 9.17) is 10.5 Å². The molecule has 11 nitrogen and oxygen atoms in total. The number of alkyl carbamates (subject to hydrolysis) is 1. The summed E-state index contributed by atoms with van der Waals surface area (Å²) in [6.07, 6.45) is 0.0960. The Morgan fingerprint density at radius 3 is 2.22 bits per heavy atom. The van der Waals surface area contributed by atoms with Crippen LogP contribution in [0.2, 0.25) is 0 Å². The smallest absolute Gasteiger partial charge is 0.408 e. The van der Waals surface area contributed by atoms with Crippen molar-refractivity contribution in [3.63, 3.8) is 0 Å². The molecule has 0 saturated heterocycles. The third kappa shape index (κ3) is 10.0. The van der Waals surface area contributed by atoms with Gasteiger partial charge in [0.1, 0.15) is 18.7 Å². The van der Waals surface area contributed by atoms with Gasteiger partial charge in [0.2, 0.25) is 11.8 Å². The molecular formula is C25H33N5O6. The molecule has 2 rings (SSSR count). The summed E-state index contributed by atoms with van der Waals surface area (Å²) >= 11 is 0. The Kier molecular flexibility index (Phi) is 11.7. The second kappa shape index (κ2) is 15.0. The van der Waals surface area contributed by atoms with Crippen LogP contribution >= 0.6 is 0 Å². The van der Waals surface area contributed by atoms with Crippen molar-refractivity contribution in [2.24, 2.45) is 5.73 Å². The van der Waals surface area contributed by atoms with Gasteiger partial charge in [0.15, 0.2) is 0 Å². The third-order valence-corrected chi connectivity index (χ3v) is 5.24. The largest absolute Gasteiger partial charge is 0.445 e. The van der Waals surface area contributed by atoms with E-state index in [0.717, 1.165) is 5.56 Å². The lowest BCUT2D eigenvalue weighted by Crippen LogP contribution is -2.52. The van der Waals surface area contributed by atoms with Crippen LogP contribution in [-0.4, -0.2) is 47.7 Å². The van der Waals surface area contributed by atoms with Crippen LogP contribution in [0.5, 0.6) is 0 Å². The molecule has 11 heteroatoms. The summed E-state index contributed by atoms with van der Waals surface area (Å²) in [5, 5.41) is 19.5. The van der Waals surface area contributed by atoms with Crippen molar-refractivity contribution >= 4 is 29.6 Å². The quantitative estimate of drug-likeness (QED) is 0.229. The van der Waals surface area contributed by atoms with Crippen molar-refractivity contribution in [3.05, 3.63) is 65.7 Å².